The molecule has 100 valence electrons. The van der Waals surface area contributed by atoms with Gasteiger partial charge in [0.25, 0.3) is 0 Å². The Labute approximate surface area is 116 Å². The van der Waals surface area contributed by atoms with Gasteiger partial charge in [-0.3, -0.25) is 9.59 Å². The van der Waals surface area contributed by atoms with Crippen molar-refractivity contribution in [2.45, 2.75) is 17.7 Å². The molecular weight excluding hydrogens is 262 g/mol. The Balaban J connectivity index is 2.13. The van der Waals surface area contributed by atoms with Gasteiger partial charge in [0.15, 0.2) is 0 Å². The summed E-state index contributed by atoms with van der Waals surface area (Å²) in [6.45, 7) is 0. The Morgan fingerprint density at radius 3 is 2.42 bits per heavy atom. The number of thiol groups is 1. The Bertz CT molecular complexity index is 527. The third kappa shape index (κ3) is 3.17. The molecule has 0 radical (unpaired) electrons. The first-order chi connectivity index (χ1) is 9.09. The van der Waals surface area contributed by atoms with Crippen LogP contribution in [0.5, 0.6) is 0 Å². The summed E-state index contributed by atoms with van der Waals surface area (Å²) in [6.07, 6.45) is 4.53. The number of carboxylic acids is 1. The summed E-state index contributed by atoms with van der Waals surface area (Å²) in [5.41, 5.74) is 0.606. The first kappa shape index (κ1) is 13.7. The van der Waals surface area contributed by atoms with Gasteiger partial charge in [0, 0.05) is 4.90 Å². The van der Waals surface area contributed by atoms with Crippen LogP contribution < -0.4 is 5.32 Å². The zero-order valence-electron chi connectivity index (χ0n) is 10.2. The second kappa shape index (κ2) is 5.93. The number of carbonyl (C=O) groups is 2. The van der Waals surface area contributed by atoms with Gasteiger partial charge in [0.05, 0.1) is 17.5 Å². The van der Waals surface area contributed by atoms with Crippen molar-refractivity contribution in [1.82, 2.24) is 0 Å². The van der Waals surface area contributed by atoms with Gasteiger partial charge in [-0.25, -0.2) is 0 Å². The average Bonchev–Trinajstić information content (AvgIpc) is 2.41. The molecular formula is C14H15NO3S. The van der Waals surface area contributed by atoms with Crippen molar-refractivity contribution in [3.8, 4) is 0 Å². The summed E-state index contributed by atoms with van der Waals surface area (Å²) in [5, 5.41) is 11.9. The van der Waals surface area contributed by atoms with E-state index in [1.54, 1.807) is 18.2 Å². The number of carbonyl (C=O) groups excluding carboxylic acids is 1. The predicted octanol–water partition coefficient (Wildman–Crippen LogP) is 2.58. The van der Waals surface area contributed by atoms with E-state index in [-0.39, 0.29) is 5.91 Å². The number of carboxylic acid groups (broad SMARTS) is 1. The maximum Gasteiger partial charge on any atom is 0.307 e. The maximum absolute atomic E-state index is 12.2. The molecule has 5 heteroatoms. The summed E-state index contributed by atoms with van der Waals surface area (Å²) in [5.74, 6) is -2.38. The molecule has 19 heavy (non-hydrogen) atoms. The van der Waals surface area contributed by atoms with Gasteiger partial charge in [0.1, 0.15) is 0 Å². The molecule has 2 atom stereocenters. The van der Waals surface area contributed by atoms with Crippen molar-refractivity contribution in [1.29, 1.82) is 0 Å². The second-order valence-electron chi connectivity index (χ2n) is 4.50. The highest BCUT2D eigenvalue weighted by atomic mass is 32.1. The minimum atomic E-state index is -0.927. The number of allylic oxidation sites excluding steroid dienone is 2. The molecule has 1 aromatic rings. The van der Waals surface area contributed by atoms with Crippen LogP contribution in [0.2, 0.25) is 0 Å². The number of nitrogens with one attached hydrogen (secondary N) is 1. The Morgan fingerprint density at radius 1 is 1.16 bits per heavy atom. The lowest BCUT2D eigenvalue weighted by Crippen LogP contribution is -2.34. The van der Waals surface area contributed by atoms with Gasteiger partial charge in [-0.05, 0) is 25.0 Å². The SMILES string of the molecule is O=C(O)[C@H]1CC=CC[C@H]1C(=O)Nc1ccccc1S. The van der Waals surface area contributed by atoms with Crippen LogP contribution >= 0.6 is 12.6 Å². The number of para-hydroxylation sites is 1. The van der Waals surface area contributed by atoms with E-state index >= 15 is 0 Å². The van der Waals surface area contributed by atoms with Crippen LogP contribution in [-0.2, 0) is 9.59 Å². The van der Waals surface area contributed by atoms with Gasteiger partial charge in [-0.1, -0.05) is 24.3 Å². The number of hydrogen-bond donors (Lipinski definition) is 3. The quantitative estimate of drug-likeness (QED) is 0.587. The van der Waals surface area contributed by atoms with E-state index in [0.717, 1.165) is 0 Å². The average molecular weight is 277 g/mol. The van der Waals surface area contributed by atoms with Crippen LogP contribution in [0.4, 0.5) is 5.69 Å². The Kier molecular flexibility index (Phi) is 4.27. The first-order valence-corrected chi connectivity index (χ1v) is 6.51. The van der Waals surface area contributed by atoms with Crippen molar-refractivity contribution in [2.75, 3.05) is 5.32 Å². The number of hydrogen-bond acceptors (Lipinski definition) is 3. The highest BCUT2D eigenvalue weighted by Crippen LogP contribution is 2.28. The molecule has 1 amide bonds. The zero-order chi connectivity index (χ0) is 13.8. The minimum Gasteiger partial charge on any atom is -0.481 e. The molecule has 0 unspecified atom stereocenters. The van der Waals surface area contributed by atoms with E-state index in [1.165, 1.54) is 0 Å². The van der Waals surface area contributed by atoms with Crippen LogP contribution in [0.3, 0.4) is 0 Å². The molecule has 1 aliphatic rings. The van der Waals surface area contributed by atoms with Gasteiger partial charge >= 0.3 is 5.97 Å². The summed E-state index contributed by atoms with van der Waals surface area (Å²) in [7, 11) is 0. The van der Waals surface area contributed by atoms with Gasteiger partial charge < -0.3 is 10.4 Å². The van der Waals surface area contributed by atoms with Crippen molar-refractivity contribution in [2.24, 2.45) is 11.8 Å². The minimum absolute atomic E-state index is 0.266. The third-order valence-corrected chi connectivity index (χ3v) is 3.64. The third-order valence-electron chi connectivity index (χ3n) is 3.25. The normalized spacial score (nSPS) is 21.9. The highest BCUT2D eigenvalue weighted by Gasteiger charge is 2.34. The van der Waals surface area contributed by atoms with Gasteiger partial charge in [-0.2, -0.15) is 0 Å². The second-order valence-corrected chi connectivity index (χ2v) is 4.98. The molecule has 0 bridgehead atoms. The molecule has 1 aliphatic carbocycles. The fourth-order valence-electron chi connectivity index (χ4n) is 2.18. The Morgan fingerprint density at radius 2 is 1.79 bits per heavy atom. The number of rotatable bonds is 3. The standard InChI is InChI=1S/C14H15NO3S/c16-13(15-11-7-3-4-8-12(11)19)9-5-1-2-6-10(9)14(17)18/h1-4,7-10,19H,5-6H2,(H,15,16)(H,17,18)/t9-,10+/m1/s1. The molecule has 0 saturated heterocycles. The Hall–Kier alpha value is -1.75. The van der Waals surface area contributed by atoms with Crippen molar-refractivity contribution < 1.29 is 14.7 Å². The first-order valence-electron chi connectivity index (χ1n) is 6.06. The lowest BCUT2D eigenvalue weighted by molar-refractivity contribution is -0.146. The van der Waals surface area contributed by atoms with E-state index in [2.05, 4.69) is 17.9 Å². The summed E-state index contributed by atoms with van der Waals surface area (Å²) >= 11 is 4.25. The number of benzene rings is 1. The van der Waals surface area contributed by atoms with E-state index < -0.39 is 17.8 Å². The molecule has 0 spiro atoms. The maximum atomic E-state index is 12.2. The fraction of sp³-hybridized carbons (Fsp3) is 0.286. The largest absolute Gasteiger partial charge is 0.481 e. The van der Waals surface area contributed by atoms with Crippen LogP contribution in [-0.4, -0.2) is 17.0 Å². The summed E-state index contributed by atoms with van der Waals surface area (Å²) < 4.78 is 0. The number of amides is 1. The van der Waals surface area contributed by atoms with Crippen molar-refractivity contribution in [3.05, 3.63) is 36.4 Å². The lowest BCUT2D eigenvalue weighted by atomic mass is 9.82. The smallest absolute Gasteiger partial charge is 0.307 e. The molecule has 2 N–H and O–H groups in total. The monoisotopic (exact) mass is 277 g/mol. The topological polar surface area (TPSA) is 66.4 Å². The van der Waals surface area contributed by atoms with Crippen LogP contribution in [0, 0.1) is 11.8 Å². The molecule has 0 aliphatic heterocycles. The van der Waals surface area contributed by atoms with Crippen molar-refractivity contribution in [3.63, 3.8) is 0 Å². The van der Waals surface area contributed by atoms with Gasteiger partial charge in [0.2, 0.25) is 5.91 Å². The zero-order valence-corrected chi connectivity index (χ0v) is 11.1. The fourth-order valence-corrected chi connectivity index (χ4v) is 2.40. The molecule has 4 nitrogen and oxygen atoms in total. The lowest BCUT2D eigenvalue weighted by Gasteiger charge is -2.24. The molecule has 2 rings (SSSR count). The summed E-state index contributed by atoms with van der Waals surface area (Å²) in [6, 6.07) is 7.13. The molecule has 0 saturated carbocycles. The van der Waals surface area contributed by atoms with Crippen LogP contribution in [0.25, 0.3) is 0 Å². The molecule has 1 aromatic carbocycles. The van der Waals surface area contributed by atoms with E-state index in [0.29, 0.717) is 23.4 Å². The van der Waals surface area contributed by atoms with E-state index in [9.17, 15) is 9.59 Å². The van der Waals surface area contributed by atoms with E-state index in [4.69, 9.17) is 5.11 Å². The van der Waals surface area contributed by atoms with E-state index in [1.807, 2.05) is 18.2 Å². The highest BCUT2D eigenvalue weighted by molar-refractivity contribution is 7.80. The van der Waals surface area contributed by atoms with Gasteiger partial charge in [-0.15, -0.1) is 12.6 Å². The van der Waals surface area contributed by atoms with Crippen molar-refractivity contribution >= 4 is 30.2 Å². The summed E-state index contributed by atoms with van der Waals surface area (Å²) in [4.78, 5) is 24.0. The number of anilines is 1. The van der Waals surface area contributed by atoms with Crippen LogP contribution in [0.15, 0.2) is 41.3 Å². The molecule has 0 aromatic heterocycles. The molecule has 0 fully saturated rings. The van der Waals surface area contributed by atoms with Crippen LogP contribution in [0.1, 0.15) is 12.8 Å². The number of aliphatic carboxylic acids is 1. The molecule has 0 heterocycles. The predicted molar refractivity (Wildman–Crippen MR) is 75.3 cm³/mol.